The molecule has 0 atom stereocenters. The Balaban J connectivity index is 1.65. The smallest absolute Gasteiger partial charge is 0.246 e. The fraction of sp³-hybridized carbons (Fsp3) is 0.235. The first-order valence-electron chi connectivity index (χ1n) is 7.57. The number of benzene rings is 1. The van der Waals surface area contributed by atoms with Crippen molar-refractivity contribution in [3.8, 4) is 0 Å². The maximum absolute atomic E-state index is 12.2. The van der Waals surface area contributed by atoms with Crippen LogP contribution in [-0.2, 0) is 17.9 Å². The maximum atomic E-state index is 12.2. The Kier molecular flexibility index (Phi) is 4.80. The van der Waals surface area contributed by atoms with E-state index in [1.54, 1.807) is 10.9 Å². The lowest BCUT2D eigenvalue weighted by molar-refractivity contribution is -0.116. The number of rotatable bonds is 5. The molecule has 0 aliphatic heterocycles. The van der Waals surface area contributed by atoms with Gasteiger partial charge in [0, 0.05) is 17.6 Å². The molecule has 1 N–H and O–H groups in total. The minimum Gasteiger partial charge on any atom is -0.324 e. The third-order valence-electron chi connectivity index (χ3n) is 3.55. The van der Waals surface area contributed by atoms with E-state index in [1.807, 2.05) is 55.1 Å². The normalized spacial score (nSPS) is 10.8. The van der Waals surface area contributed by atoms with Crippen LogP contribution in [0.4, 0.5) is 5.69 Å². The molecule has 3 aromatic rings. The van der Waals surface area contributed by atoms with Crippen molar-refractivity contribution in [3.05, 3.63) is 64.1 Å². The second-order valence-electron chi connectivity index (χ2n) is 5.69. The highest BCUT2D eigenvalue weighted by atomic mass is 79.9. The van der Waals surface area contributed by atoms with Gasteiger partial charge in [0.2, 0.25) is 5.91 Å². The molecule has 0 fully saturated rings. The van der Waals surface area contributed by atoms with Gasteiger partial charge in [0.15, 0.2) is 0 Å². The Morgan fingerprint density at radius 1 is 1.29 bits per heavy atom. The quantitative estimate of drug-likeness (QED) is 0.731. The van der Waals surface area contributed by atoms with Crippen LogP contribution in [0.25, 0.3) is 0 Å². The van der Waals surface area contributed by atoms with Crippen LogP contribution in [0.15, 0.2) is 47.2 Å². The molecule has 0 aliphatic carbocycles. The van der Waals surface area contributed by atoms with Gasteiger partial charge in [-0.3, -0.25) is 14.2 Å². The van der Waals surface area contributed by atoms with E-state index >= 15 is 0 Å². The molecule has 0 radical (unpaired) electrons. The summed E-state index contributed by atoms with van der Waals surface area (Å²) in [5.74, 6) is -0.0971. The first kappa shape index (κ1) is 16.4. The second kappa shape index (κ2) is 7.00. The molecule has 0 saturated heterocycles. The van der Waals surface area contributed by atoms with Gasteiger partial charge in [0.05, 0.1) is 22.9 Å². The molecule has 1 aromatic carbocycles. The molecule has 0 bridgehead atoms. The van der Waals surface area contributed by atoms with E-state index < -0.39 is 0 Å². The SMILES string of the molecule is Cc1cc(C)n(CC(=O)Nc2cccc(Cn3cc(Br)cn3)c2)n1. The molecule has 124 valence electrons. The summed E-state index contributed by atoms with van der Waals surface area (Å²) in [6.07, 6.45) is 3.66. The standard InChI is InChI=1S/C17H18BrN5O/c1-12-6-13(2)23(21-12)11-17(24)20-16-5-3-4-14(7-16)9-22-10-15(18)8-19-22/h3-8,10H,9,11H2,1-2H3,(H,20,24). The Hall–Kier alpha value is -2.41. The van der Waals surface area contributed by atoms with Crippen LogP contribution in [0.1, 0.15) is 17.0 Å². The molecular formula is C17H18BrN5O. The van der Waals surface area contributed by atoms with E-state index in [-0.39, 0.29) is 12.5 Å². The molecular weight excluding hydrogens is 370 g/mol. The maximum Gasteiger partial charge on any atom is 0.246 e. The van der Waals surface area contributed by atoms with Crippen molar-refractivity contribution in [1.29, 1.82) is 0 Å². The number of aryl methyl sites for hydroxylation is 2. The summed E-state index contributed by atoms with van der Waals surface area (Å²) in [5.41, 5.74) is 3.72. The summed E-state index contributed by atoms with van der Waals surface area (Å²) < 4.78 is 4.48. The fourth-order valence-electron chi connectivity index (χ4n) is 2.53. The van der Waals surface area contributed by atoms with Gasteiger partial charge in [-0.1, -0.05) is 12.1 Å². The Bertz CT molecular complexity index is 868. The van der Waals surface area contributed by atoms with E-state index in [0.717, 1.165) is 27.1 Å². The van der Waals surface area contributed by atoms with Crippen molar-refractivity contribution in [2.75, 3.05) is 5.32 Å². The number of nitrogens with one attached hydrogen (secondary N) is 1. The highest BCUT2D eigenvalue weighted by Crippen LogP contribution is 2.14. The number of nitrogens with zero attached hydrogens (tertiary/aromatic N) is 4. The molecule has 24 heavy (non-hydrogen) atoms. The van der Waals surface area contributed by atoms with Gasteiger partial charge < -0.3 is 5.32 Å². The molecule has 0 unspecified atom stereocenters. The number of aromatic nitrogens is 4. The van der Waals surface area contributed by atoms with Crippen LogP contribution < -0.4 is 5.32 Å². The second-order valence-corrected chi connectivity index (χ2v) is 6.61. The van der Waals surface area contributed by atoms with Crippen molar-refractivity contribution in [2.45, 2.75) is 26.9 Å². The molecule has 0 aliphatic rings. The molecule has 2 aromatic heterocycles. The largest absolute Gasteiger partial charge is 0.324 e. The zero-order chi connectivity index (χ0) is 17.1. The van der Waals surface area contributed by atoms with E-state index in [4.69, 9.17) is 0 Å². The van der Waals surface area contributed by atoms with Crippen molar-refractivity contribution in [3.63, 3.8) is 0 Å². The van der Waals surface area contributed by atoms with Gasteiger partial charge >= 0.3 is 0 Å². The van der Waals surface area contributed by atoms with Crippen molar-refractivity contribution >= 4 is 27.5 Å². The first-order chi connectivity index (χ1) is 11.5. The predicted molar refractivity (Wildman–Crippen MR) is 95.8 cm³/mol. The molecule has 7 heteroatoms. The van der Waals surface area contributed by atoms with Crippen LogP contribution in [0.2, 0.25) is 0 Å². The monoisotopic (exact) mass is 387 g/mol. The van der Waals surface area contributed by atoms with Gasteiger partial charge in [-0.2, -0.15) is 10.2 Å². The number of hydrogen-bond donors (Lipinski definition) is 1. The number of carbonyl (C=O) groups excluding carboxylic acids is 1. The third kappa shape index (κ3) is 4.11. The fourth-order valence-corrected chi connectivity index (χ4v) is 2.86. The molecule has 1 amide bonds. The average molecular weight is 388 g/mol. The molecule has 6 nitrogen and oxygen atoms in total. The lowest BCUT2D eigenvalue weighted by Crippen LogP contribution is -2.20. The Morgan fingerprint density at radius 2 is 2.12 bits per heavy atom. The van der Waals surface area contributed by atoms with Crippen LogP contribution in [-0.4, -0.2) is 25.5 Å². The molecule has 2 heterocycles. The molecule has 0 saturated carbocycles. The van der Waals surface area contributed by atoms with Crippen LogP contribution in [0, 0.1) is 13.8 Å². The zero-order valence-electron chi connectivity index (χ0n) is 13.5. The van der Waals surface area contributed by atoms with E-state index in [9.17, 15) is 4.79 Å². The van der Waals surface area contributed by atoms with Gasteiger partial charge in [-0.15, -0.1) is 0 Å². The zero-order valence-corrected chi connectivity index (χ0v) is 15.1. The van der Waals surface area contributed by atoms with Crippen molar-refractivity contribution in [2.24, 2.45) is 0 Å². The number of carbonyl (C=O) groups is 1. The third-order valence-corrected chi connectivity index (χ3v) is 3.96. The predicted octanol–water partition coefficient (Wildman–Crippen LogP) is 3.15. The van der Waals surface area contributed by atoms with Gasteiger partial charge in [-0.05, 0) is 53.5 Å². The van der Waals surface area contributed by atoms with Crippen molar-refractivity contribution < 1.29 is 4.79 Å². The topological polar surface area (TPSA) is 64.7 Å². The number of halogens is 1. The van der Waals surface area contributed by atoms with Crippen LogP contribution in [0.5, 0.6) is 0 Å². The first-order valence-corrected chi connectivity index (χ1v) is 8.37. The van der Waals surface area contributed by atoms with Crippen LogP contribution >= 0.6 is 15.9 Å². The minimum atomic E-state index is -0.0971. The number of amides is 1. The molecule has 3 rings (SSSR count). The highest BCUT2D eigenvalue weighted by molar-refractivity contribution is 9.10. The summed E-state index contributed by atoms with van der Waals surface area (Å²) >= 11 is 3.38. The lowest BCUT2D eigenvalue weighted by atomic mass is 10.2. The molecule has 0 spiro atoms. The van der Waals surface area contributed by atoms with Gasteiger partial charge in [0.25, 0.3) is 0 Å². The summed E-state index contributed by atoms with van der Waals surface area (Å²) in [6, 6.07) is 9.71. The Morgan fingerprint density at radius 3 is 2.79 bits per heavy atom. The highest BCUT2D eigenvalue weighted by Gasteiger charge is 2.08. The van der Waals surface area contributed by atoms with E-state index in [1.165, 1.54) is 0 Å². The average Bonchev–Trinajstić information content (AvgIpc) is 3.05. The minimum absolute atomic E-state index is 0.0971. The summed E-state index contributed by atoms with van der Waals surface area (Å²) in [6.45, 7) is 4.71. The lowest BCUT2D eigenvalue weighted by Gasteiger charge is -2.09. The number of hydrogen-bond acceptors (Lipinski definition) is 3. The number of anilines is 1. The van der Waals surface area contributed by atoms with E-state index in [2.05, 4.69) is 31.4 Å². The van der Waals surface area contributed by atoms with Gasteiger partial charge in [0.1, 0.15) is 6.54 Å². The van der Waals surface area contributed by atoms with E-state index in [0.29, 0.717) is 6.54 Å². The van der Waals surface area contributed by atoms with Crippen LogP contribution in [0.3, 0.4) is 0 Å². The van der Waals surface area contributed by atoms with Crippen molar-refractivity contribution in [1.82, 2.24) is 19.6 Å². The summed E-state index contributed by atoms with van der Waals surface area (Å²) in [4.78, 5) is 12.2. The summed E-state index contributed by atoms with van der Waals surface area (Å²) in [5, 5.41) is 11.5. The van der Waals surface area contributed by atoms with Gasteiger partial charge in [-0.25, -0.2) is 0 Å². The summed E-state index contributed by atoms with van der Waals surface area (Å²) in [7, 11) is 0. The Labute approximate surface area is 148 Å².